The Morgan fingerprint density at radius 3 is 2.89 bits per heavy atom. The van der Waals surface area contributed by atoms with Crippen LogP contribution in [0.15, 0.2) is 30.6 Å². The van der Waals surface area contributed by atoms with Crippen LogP contribution in [0.4, 0.5) is 0 Å². The van der Waals surface area contributed by atoms with Crippen molar-refractivity contribution in [3.05, 3.63) is 41.7 Å². The molecule has 0 spiro atoms. The van der Waals surface area contributed by atoms with Gasteiger partial charge >= 0.3 is 0 Å². The van der Waals surface area contributed by atoms with Crippen molar-refractivity contribution in [3.63, 3.8) is 0 Å². The number of benzene rings is 1. The molecule has 5 heteroatoms. The molecule has 0 N–H and O–H groups in total. The molecule has 0 saturated heterocycles. The highest BCUT2D eigenvalue weighted by Gasteiger charge is 2.10. The lowest BCUT2D eigenvalue weighted by molar-refractivity contribution is 0.111. The molecule has 0 radical (unpaired) electrons. The van der Waals surface area contributed by atoms with Gasteiger partial charge in [-0.2, -0.15) is 5.10 Å². The third kappa shape index (κ3) is 3.13. The van der Waals surface area contributed by atoms with E-state index in [9.17, 15) is 4.79 Å². The number of aromatic nitrogens is 2. The second-order valence-electron chi connectivity index (χ2n) is 4.12. The van der Waals surface area contributed by atoms with Gasteiger partial charge in [0.15, 0.2) is 17.8 Å². The molecule has 0 saturated carbocycles. The molecule has 0 aliphatic heterocycles. The Labute approximate surface area is 111 Å². The summed E-state index contributed by atoms with van der Waals surface area (Å²) in [7, 11) is 3.42. The van der Waals surface area contributed by atoms with Gasteiger partial charge in [-0.15, -0.1) is 0 Å². The minimum absolute atomic E-state index is 0.465. The first-order valence-electron chi connectivity index (χ1n) is 5.97. The van der Waals surface area contributed by atoms with Crippen LogP contribution in [-0.2, 0) is 13.5 Å². The summed E-state index contributed by atoms with van der Waals surface area (Å²) in [5, 5.41) is 4.09. The molecule has 1 aromatic carbocycles. The van der Waals surface area contributed by atoms with E-state index in [1.54, 1.807) is 36.2 Å². The van der Waals surface area contributed by atoms with Crippen LogP contribution in [-0.4, -0.2) is 29.8 Å². The molecule has 2 aromatic rings. The molecule has 1 aromatic heterocycles. The number of rotatable bonds is 6. The second kappa shape index (κ2) is 6.04. The Morgan fingerprint density at radius 2 is 2.26 bits per heavy atom. The Bertz CT molecular complexity index is 564. The summed E-state index contributed by atoms with van der Waals surface area (Å²) in [5.41, 5.74) is 1.58. The van der Waals surface area contributed by atoms with E-state index in [1.165, 1.54) is 0 Å². The first kappa shape index (κ1) is 13.1. The van der Waals surface area contributed by atoms with Gasteiger partial charge in [-0.1, -0.05) is 6.07 Å². The van der Waals surface area contributed by atoms with Crippen LogP contribution in [0.25, 0.3) is 0 Å². The van der Waals surface area contributed by atoms with Crippen LogP contribution in [0.1, 0.15) is 15.9 Å². The lowest BCUT2D eigenvalue weighted by atomic mass is 10.2. The molecule has 0 aliphatic carbocycles. The monoisotopic (exact) mass is 260 g/mol. The predicted molar refractivity (Wildman–Crippen MR) is 70.8 cm³/mol. The highest BCUT2D eigenvalue weighted by molar-refractivity contribution is 5.81. The lowest BCUT2D eigenvalue weighted by Gasteiger charge is -2.11. The van der Waals surface area contributed by atoms with Gasteiger partial charge in [0, 0.05) is 19.7 Å². The number of hydrogen-bond acceptors (Lipinski definition) is 4. The fraction of sp³-hybridized carbons (Fsp3) is 0.286. The molecule has 0 unspecified atom stereocenters. The van der Waals surface area contributed by atoms with Crippen LogP contribution < -0.4 is 9.47 Å². The van der Waals surface area contributed by atoms with Crippen molar-refractivity contribution < 1.29 is 14.3 Å². The minimum Gasteiger partial charge on any atom is -0.493 e. The average molecular weight is 260 g/mol. The number of ether oxygens (including phenoxy) is 2. The first-order chi connectivity index (χ1) is 9.24. The zero-order valence-electron chi connectivity index (χ0n) is 11.0. The number of nitrogens with zero attached hydrogens (tertiary/aromatic N) is 2. The van der Waals surface area contributed by atoms with E-state index >= 15 is 0 Å². The van der Waals surface area contributed by atoms with Gasteiger partial charge in [0.1, 0.15) is 0 Å². The highest BCUT2D eigenvalue weighted by atomic mass is 16.5. The van der Waals surface area contributed by atoms with Crippen LogP contribution in [0.5, 0.6) is 11.5 Å². The number of aryl methyl sites for hydroxylation is 1. The van der Waals surface area contributed by atoms with Crippen LogP contribution in [0.3, 0.4) is 0 Å². The van der Waals surface area contributed by atoms with Crippen molar-refractivity contribution in [3.8, 4) is 11.5 Å². The molecule has 1 heterocycles. The molecule has 100 valence electrons. The molecular formula is C14H16N2O3. The third-order valence-corrected chi connectivity index (χ3v) is 2.75. The van der Waals surface area contributed by atoms with Crippen molar-refractivity contribution in [1.29, 1.82) is 0 Å². The Balaban J connectivity index is 2.04. The van der Waals surface area contributed by atoms with Gasteiger partial charge in [0.2, 0.25) is 0 Å². The van der Waals surface area contributed by atoms with Crippen molar-refractivity contribution in [2.45, 2.75) is 6.42 Å². The topological polar surface area (TPSA) is 53.4 Å². The maximum absolute atomic E-state index is 11.0. The van der Waals surface area contributed by atoms with Gasteiger partial charge in [-0.05, 0) is 17.7 Å². The predicted octanol–water partition coefficient (Wildman–Crippen LogP) is 1.86. The van der Waals surface area contributed by atoms with E-state index < -0.39 is 0 Å². The standard InChI is InChI=1S/C14H16N2O3/c1-16-9-11(8-15-16)6-7-19-14-12(10-17)4-3-5-13(14)18-2/h3-5,8-10H,6-7H2,1-2H3. The molecule has 0 aliphatic rings. The SMILES string of the molecule is COc1cccc(C=O)c1OCCc1cnn(C)c1. The molecule has 5 nitrogen and oxygen atoms in total. The van der Waals surface area contributed by atoms with Gasteiger partial charge < -0.3 is 9.47 Å². The molecule has 0 atom stereocenters. The fourth-order valence-corrected chi connectivity index (χ4v) is 1.81. The van der Waals surface area contributed by atoms with Gasteiger partial charge in [0.25, 0.3) is 0 Å². The molecule has 0 amide bonds. The number of carbonyl (C=O) groups is 1. The molecule has 0 fully saturated rings. The van der Waals surface area contributed by atoms with E-state index in [0.29, 0.717) is 23.7 Å². The third-order valence-electron chi connectivity index (χ3n) is 2.75. The number of hydrogen-bond donors (Lipinski definition) is 0. The quantitative estimate of drug-likeness (QED) is 0.744. The summed E-state index contributed by atoms with van der Waals surface area (Å²) in [5.74, 6) is 1.06. The highest BCUT2D eigenvalue weighted by Crippen LogP contribution is 2.29. The molecule has 2 rings (SSSR count). The van der Waals surface area contributed by atoms with E-state index in [1.807, 2.05) is 13.2 Å². The van der Waals surface area contributed by atoms with Crippen molar-refractivity contribution in [1.82, 2.24) is 9.78 Å². The summed E-state index contributed by atoms with van der Waals surface area (Å²) in [4.78, 5) is 11.0. The largest absolute Gasteiger partial charge is 0.493 e. The maximum atomic E-state index is 11.0. The van der Waals surface area contributed by atoms with Crippen molar-refractivity contribution >= 4 is 6.29 Å². The Morgan fingerprint density at radius 1 is 1.42 bits per heavy atom. The number of para-hydroxylation sites is 1. The Hall–Kier alpha value is -2.30. The second-order valence-corrected chi connectivity index (χ2v) is 4.12. The smallest absolute Gasteiger partial charge is 0.171 e. The first-order valence-corrected chi connectivity index (χ1v) is 5.97. The molecule has 19 heavy (non-hydrogen) atoms. The summed E-state index contributed by atoms with van der Waals surface area (Å²) in [6.07, 6.45) is 5.23. The van der Waals surface area contributed by atoms with Crippen LogP contribution >= 0.6 is 0 Å². The van der Waals surface area contributed by atoms with Gasteiger partial charge in [-0.3, -0.25) is 9.48 Å². The summed E-state index contributed by atoms with van der Waals surface area (Å²) in [6.45, 7) is 0.465. The number of methoxy groups -OCH3 is 1. The van der Waals surface area contributed by atoms with Crippen LogP contribution in [0.2, 0.25) is 0 Å². The lowest BCUT2D eigenvalue weighted by Crippen LogP contribution is -2.04. The molecular weight excluding hydrogens is 244 g/mol. The van der Waals surface area contributed by atoms with Crippen molar-refractivity contribution in [2.75, 3.05) is 13.7 Å². The molecule has 0 bridgehead atoms. The Kier molecular flexibility index (Phi) is 4.18. The van der Waals surface area contributed by atoms with Crippen molar-refractivity contribution in [2.24, 2.45) is 7.05 Å². The number of carbonyl (C=O) groups excluding carboxylic acids is 1. The maximum Gasteiger partial charge on any atom is 0.171 e. The van der Waals surface area contributed by atoms with Gasteiger partial charge in [0.05, 0.1) is 25.5 Å². The zero-order valence-corrected chi connectivity index (χ0v) is 11.0. The van der Waals surface area contributed by atoms with Gasteiger partial charge in [-0.25, -0.2) is 0 Å². The van der Waals surface area contributed by atoms with E-state index in [4.69, 9.17) is 9.47 Å². The number of aldehydes is 1. The summed E-state index contributed by atoms with van der Waals surface area (Å²) < 4.78 is 12.6. The fourth-order valence-electron chi connectivity index (χ4n) is 1.81. The average Bonchev–Trinajstić information content (AvgIpc) is 2.84. The summed E-state index contributed by atoms with van der Waals surface area (Å²) >= 11 is 0. The summed E-state index contributed by atoms with van der Waals surface area (Å²) in [6, 6.07) is 5.23. The normalized spacial score (nSPS) is 10.2. The minimum atomic E-state index is 0.465. The van der Waals surface area contributed by atoms with E-state index in [-0.39, 0.29) is 0 Å². The van der Waals surface area contributed by atoms with Crippen LogP contribution in [0, 0.1) is 0 Å². The van der Waals surface area contributed by atoms with E-state index in [0.717, 1.165) is 18.3 Å². The zero-order chi connectivity index (χ0) is 13.7. The van der Waals surface area contributed by atoms with E-state index in [2.05, 4.69) is 5.10 Å².